The first-order valence-corrected chi connectivity index (χ1v) is 5.48. The van der Waals surface area contributed by atoms with Gasteiger partial charge in [-0.15, -0.1) is 6.58 Å². The van der Waals surface area contributed by atoms with E-state index < -0.39 is 0 Å². The first-order chi connectivity index (χ1) is 7.19. The van der Waals surface area contributed by atoms with Crippen LogP contribution in [-0.2, 0) is 0 Å². The van der Waals surface area contributed by atoms with E-state index in [1.165, 1.54) is 5.56 Å². The topological polar surface area (TPSA) is 35.8 Å². The summed E-state index contributed by atoms with van der Waals surface area (Å²) in [6, 6.07) is 7.90. The zero-order valence-corrected chi connectivity index (χ0v) is 10.2. The zero-order chi connectivity index (χ0) is 11.3. The lowest BCUT2D eigenvalue weighted by atomic mass is 10.1. The van der Waals surface area contributed by atoms with Crippen LogP contribution in [0.1, 0.15) is 17.2 Å². The van der Waals surface area contributed by atoms with E-state index in [2.05, 4.69) is 33.9 Å². The van der Waals surface area contributed by atoms with Gasteiger partial charge in [0, 0.05) is 11.0 Å². The Kier molecular flexibility index (Phi) is 4.54. The van der Waals surface area contributed by atoms with E-state index in [4.69, 9.17) is 5.26 Å². The van der Waals surface area contributed by atoms with E-state index in [1.54, 1.807) is 6.08 Å². The third-order valence-corrected chi connectivity index (χ3v) is 2.75. The second kappa shape index (κ2) is 5.69. The summed E-state index contributed by atoms with van der Waals surface area (Å²) >= 11 is 3.46. The van der Waals surface area contributed by atoms with E-state index in [0.29, 0.717) is 6.54 Å². The molecular weight excluding hydrogens is 252 g/mol. The fraction of sp³-hybridized carbons (Fsp3) is 0.250. The quantitative estimate of drug-likeness (QED) is 0.849. The predicted molar refractivity (Wildman–Crippen MR) is 65.4 cm³/mol. The summed E-state index contributed by atoms with van der Waals surface area (Å²) in [5.74, 6) is 0. The number of benzene rings is 1. The molecule has 1 unspecified atom stereocenters. The average molecular weight is 265 g/mol. The van der Waals surface area contributed by atoms with Crippen LogP contribution >= 0.6 is 15.9 Å². The summed E-state index contributed by atoms with van der Waals surface area (Å²) in [6.07, 6.45) is 1.74. The van der Waals surface area contributed by atoms with Crippen LogP contribution in [-0.4, -0.2) is 6.54 Å². The van der Waals surface area contributed by atoms with E-state index >= 15 is 0 Å². The Morgan fingerprint density at radius 1 is 1.67 bits per heavy atom. The fourth-order valence-corrected chi connectivity index (χ4v) is 2.01. The molecule has 0 aliphatic rings. The van der Waals surface area contributed by atoms with E-state index in [1.807, 2.05) is 25.1 Å². The lowest BCUT2D eigenvalue weighted by Crippen LogP contribution is -2.20. The van der Waals surface area contributed by atoms with Crippen molar-refractivity contribution in [1.82, 2.24) is 5.32 Å². The molecule has 0 bridgehead atoms. The lowest BCUT2D eigenvalue weighted by molar-refractivity contribution is 0.681. The van der Waals surface area contributed by atoms with Gasteiger partial charge in [-0.1, -0.05) is 34.1 Å². The van der Waals surface area contributed by atoms with Gasteiger partial charge in [0.05, 0.1) is 6.07 Å². The van der Waals surface area contributed by atoms with Crippen molar-refractivity contribution in [3.05, 3.63) is 46.5 Å². The molecule has 0 saturated heterocycles. The number of aryl methyl sites for hydroxylation is 1. The molecule has 0 radical (unpaired) electrons. The molecule has 0 saturated carbocycles. The van der Waals surface area contributed by atoms with Crippen molar-refractivity contribution in [1.29, 1.82) is 5.26 Å². The highest BCUT2D eigenvalue weighted by molar-refractivity contribution is 9.10. The Balaban J connectivity index is 2.92. The number of rotatable bonds is 4. The minimum Gasteiger partial charge on any atom is -0.295 e. The molecule has 0 aliphatic carbocycles. The number of nitrogens with zero attached hydrogens (tertiary/aromatic N) is 1. The van der Waals surface area contributed by atoms with E-state index in [0.717, 1.165) is 10.0 Å². The molecule has 0 fully saturated rings. The van der Waals surface area contributed by atoms with Crippen LogP contribution in [0, 0.1) is 18.3 Å². The Hall–Kier alpha value is -1.11. The third-order valence-electron chi connectivity index (χ3n) is 2.06. The molecule has 1 aromatic rings. The van der Waals surface area contributed by atoms with Crippen LogP contribution in [0.3, 0.4) is 0 Å². The number of halogens is 1. The van der Waals surface area contributed by atoms with Crippen LogP contribution in [0.2, 0.25) is 0 Å². The van der Waals surface area contributed by atoms with Gasteiger partial charge in [0.2, 0.25) is 0 Å². The van der Waals surface area contributed by atoms with Crippen molar-refractivity contribution in [2.24, 2.45) is 0 Å². The zero-order valence-electron chi connectivity index (χ0n) is 8.63. The summed E-state index contributed by atoms with van der Waals surface area (Å²) in [5.41, 5.74) is 2.14. The number of nitrogens with one attached hydrogen (secondary N) is 1. The van der Waals surface area contributed by atoms with Gasteiger partial charge in [0.15, 0.2) is 0 Å². The van der Waals surface area contributed by atoms with Crippen LogP contribution < -0.4 is 5.32 Å². The summed E-state index contributed by atoms with van der Waals surface area (Å²) in [4.78, 5) is 0. The maximum absolute atomic E-state index is 9.03. The first-order valence-electron chi connectivity index (χ1n) is 4.69. The molecule has 0 aliphatic heterocycles. The van der Waals surface area contributed by atoms with Crippen molar-refractivity contribution in [2.45, 2.75) is 13.0 Å². The number of hydrogen-bond acceptors (Lipinski definition) is 2. The van der Waals surface area contributed by atoms with Gasteiger partial charge >= 0.3 is 0 Å². The minimum absolute atomic E-state index is 0.294. The van der Waals surface area contributed by atoms with Crippen LogP contribution in [0.5, 0.6) is 0 Å². The van der Waals surface area contributed by atoms with Gasteiger partial charge < -0.3 is 0 Å². The Morgan fingerprint density at radius 3 is 2.93 bits per heavy atom. The van der Waals surface area contributed by atoms with Crippen molar-refractivity contribution in [3.63, 3.8) is 0 Å². The summed E-state index contributed by atoms with van der Waals surface area (Å²) in [5, 5.41) is 12.1. The van der Waals surface area contributed by atoms with Gasteiger partial charge in [0.25, 0.3) is 0 Å². The van der Waals surface area contributed by atoms with Crippen molar-refractivity contribution in [2.75, 3.05) is 6.54 Å². The van der Waals surface area contributed by atoms with Gasteiger partial charge in [-0.05, 0) is 24.1 Å². The maximum atomic E-state index is 9.03. The smallest absolute Gasteiger partial charge is 0.122 e. The molecule has 1 rings (SSSR count). The lowest BCUT2D eigenvalue weighted by Gasteiger charge is -2.12. The molecule has 0 aromatic heterocycles. The Labute approximate surface area is 98.7 Å². The molecule has 1 aromatic carbocycles. The molecule has 3 heteroatoms. The standard InChI is InChI=1S/C12H13BrN2/c1-3-6-15-12(8-14)10-5-4-9(2)7-11(10)13/h3-5,7,12,15H,1,6H2,2H3. The summed E-state index contributed by atoms with van der Waals surface area (Å²) in [6.45, 7) is 6.26. The van der Waals surface area contributed by atoms with Gasteiger partial charge in [0.1, 0.15) is 6.04 Å². The molecule has 0 heterocycles. The minimum atomic E-state index is -0.294. The van der Waals surface area contributed by atoms with Crippen molar-refractivity contribution in [3.8, 4) is 6.07 Å². The molecule has 0 amide bonds. The highest BCUT2D eigenvalue weighted by atomic mass is 79.9. The SMILES string of the molecule is C=CCNC(C#N)c1ccc(C)cc1Br. The summed E-state index contributed by atoms with van der Waals surface area (Å²) < 4.78 is 0.964. The van der Waals surface area contributed by atoms with Crippen LogP contribution in [0.4, 0.5) is 0 Å². The molecule has 15 heavy (non-hydrogen) atoms. The van der Waals surface area contributed by atoms with Crippen molar-refractivity contribution < 1.29 is 0 Å². The molecule has 1 N–H and O–H groups in total. The monoisotopic (exact) mass is 264 g/mol. The Bertz CT molecular complexity index is 393. The Morgan fingerprint density at radius 2 is 2.40 bits per heavy atom. The second-order valence-corrected chi connectivity index (χ2v) is 4.14. The van der Waals surface area contributed by atoms with Crippen molar-refractivity contribution >= 4 is 15.9 Å². The molecular formula is C12H13BrN2. The second-order valence-electron chi connectivity index (χ2n) is 3.28. The van der Waals surface area contributed by atoms with Crippen LogP contribution in [0.25, 0.3) is 0 Å². The number of nitriles is 1. The molecule has 78 valence electrons. The molecule has 0 spiro atoms. The van der Waals surface area contributed by atoms with Gasteiger partial charge in [-0.2, -0.15) is 5.26 Å². The summed E-state index contributed by atoms with van der Waals surface area (Å²) in [7, 11) is 0. The van der Waals surface area contributed by atoms with E-state index in [9.17, 15) is 0 Å². The largest absolute Gasteiger partial charge is 0.295 e. The fourth-order valence-electron chi connectivity index (χ4n) is 1.29. The highest BCUT2D eigenvalue weighted by Crippen LogP contribution is 2.24. The molecule has 1 atom stereocenters. The third kappa shape index (κ3) is 3.19. The number of hydrogen-bond donors (Lipinski definition) is 1. The normalized spacial score (nSPS) is 11.8. The van der Waals surface area contributed by atoms with Gasteiger partial charge in [-0.25, -0.2) is 0 Å². The van der Waals surface area contributed by atoms with Gasteiger partial charge in [-0.3, -0.25) is 5.32 Å². The van der Waals surface area contributed by atoms with E-state index in [-0.39, 0.29) is 6.04 Å². The highest BCUT2D eigenvalue weighted by Gasteiger charge is 2.11. The van der Waals surface area contributed by atoms with Crippen LogP contribution in [0.15, 0.2) is 35.3 Å². The predicted octanol–water partition coefficient (Wildman–Crippen LogP) is 3.10. The average Bonchev–Trinajstić information content (AvgIpc) is 2.21. The molecule has 2 nitrogen and oxygen atoms in total. The first kappa shape index (κ1) is 12.0. The maximum Gasteiger partial charge on any atom is 0.122 e.